The zero-order valence-corrected chi connectivity index (χ0v) is 12.5. The summed E-state index contributed by atoms with van der Waals surface area (Å²) < 4.78 is 1.18. The summed E-state index contributed by atoms with van der Waals surface area (Å²) in [4.78, 5) is 27.1. The van der Waals surface area contributed by atoms with Gasteiger partial charge in [-0.2, -0.15) is 5.10 Å². The number of hydrogen-bond acceptors (Lipinski definition) is 5. The van der Waals surface area contributed by atoms with Crippen LogP contribution < -0.4 is 5.32 Å². The second kappa shape index (κ2) is 5.48. The van der Waals surface area contributed by atoms with Crippen LogP contribution in [0.1, 0.15) is 16.1 Å². The van der Waals surface area contributed by atoms with Gasteiger partial charge in [-0.25, -0.2) is 0 Å². The van der Waals surface area contributed by atoms with Gasteiger partial charge in [0.15, 0.2) is 0 Å². The molecule has 0 aliphatic carbocycles. The fourth-order valence-electron chi connectivity index (χ4n) is 2.44. The first kappa shape index (κ1) is 14.6. The Balaban J connectivity index is 2.05. The highest BCUT2D eigenvalue weighted by Crippen LogP contribution is 2.25. The van der Waals surface area contributed by atoms with Crippen molar-refractivity contribution in [2.45, 2.75) is 6.92 Å². The van der Waals surface area contributed by atoms with E-state index >= 15 is 0 Å². The molecule has 3 rings (SSSR count). The molecule has 8 nitrogen and oxygen atoms in total. The predicted molar refractivity (Wildman–Crippen MR) is 84.3 cm³/mol. The Bertz CT molecular complexity index is 932. The zero-order valence-electron chi connectivity index (χ0n) is 12.5. The van der Waals surface area contributed by atoms with Crippen LogP contribution in [0.2, 0.25) is 0 Å². The molecule has 0 aliphatic heterocycles. The fraction of sp³-hybridized carbons (Fsp3) is 0.133. The number of pyridine rings is 1. The quantitative estimate of drug-likeness (QED) is 0.591. The first-order valence-electron chi connectivity index (χ1n) is 6.80. The first-order chi connectivity index (χ1) is 11.0. The maximum atomic E-state index is 12.5. The topological polar surface area (TPSA) is 103 Å². The first-order valence-corrected chi connectivity index (χ1v) is 6.80. The molecule has 0 spiro atoms. The van der Waals surface area contributed by atoms with Gasteiger partial charge in [0, 0.05) is 18.6 Å². The molecule has 2 aromatic heterocycles. The van der Waals surface area contributed by atoms with Crippen molar-refractivity contribution in [2.75, 3.05) is 5.32 Å². The number of hydrogen-bond donors (Lipinski definition) is 1. The van der Waals surface area contributed by atoms with Crippen LogP contribution in [0.4, 0.5) is 11.4 Å². The summed E-state index contributed by atoms with van der Waals surface area (Å²) in [7, 11) is 1.48. The maximum absolute atomic E-state index is 12.5. The molecule has 23 heavy (non-hydrogen) atoms. The molecule has 0 unspecified atom stereocenters. The lowest BCUT2D eigenvalue weighted by Crippen LogP contribution is -2.18. The van der Waals surface area contributed by atoms with Crippen molar-refractivity contribution in [3.05, 3.63) is 58.0 Å². The van der Waals surface area contributed by atoms with Crippen LogP contribution in [0, 0.1) is 17.0 Å². The third-order valence-corrected chi connectivity index (χ3v) is 3.43. The van der Waals surface area contributed by atoms with Crippen LogP contribution in [0.5, 0.6) is 0 Å². The monoisotopic (exact) mass is 311 g/mol. The highest BCUT2D eigenvalue weighted by molar-refractivity contribution is 6.09. The molecule has 8 heteroatoms. The highest BCUT2D eigenvalue weighted by Gasteiger charge is 2.26. The van der Waals surface area contributed by atoms with Crippen molar-refractivity contribution in [3.8, 4) is 0 Å². The van der Waals surface area contributed by atoms with Crippen molar-refractivity contribution in [1.29, 1.82) is 0 Å². The fourth-order valence-corrected chi connectivity index (χ4v) is 2.44. The normalized spacial score (nSPS) is 10.7. The van der Waals surface area contributed by atoms with E-state index in [9.17, 15) is 14.9 Å². The van der Waals surface area contributed by atoms with Crippen LogP contribution in [0.25, 0.3) is 10.9 Å². The van der Waals surface area contributed by atoms with Crippen molar-refractivity contribution >= 4 is 28.2 Å². The van der Waals surface area contributed by atoms with Gasteiger partial charge in [0.2, 0.25) is 5.69 Å². The molecule has 2 heterocycles. The molecule has 0 radical (unpaired) electrons. The summed E-state index contributed by atoms with van der Waals surface area (Å²) in [5.41, 5.74) is 1.62. The number of nitro groups is 1. The van der Waals surface area contributed by atoms with Gasteiger partial charge in [-0.05, 0) is 30.7 Å². The molecule has 0 bridgehead atoms. The molecule has 116 valence electrons. The van der Waals surface area contributed by atoms with Crippen molar-refractivity contribution in [1.82, 2.24) is 14.8 Å². The summed E-state index contributed by atoms with van der Waals surface area (Å²) >= 11 is 0. The Labute approximate surface area is 130 Å². The largest absolute Gasteiger partial charge is 0.320 e. The lowest BCUT2D eigenvalue weighted by molar-refractivity contribution is -0.385. The van der Waals surface area contributed by atoms with E-state index in [2.05, 4.69) is 15.4 Å². The Morgan fingerprint density at radius 3 is 2.91 bits per heavy atom. The number of amides is 1. The number of aromatic nitrogens is 3. The third kappa shape index (κ3) is 2.61. The summed E-state index contributed by atoms with van der Waals surface area (Å²) in [6, 6.07) is 7.41. The molecular formula is C15H13N5O3. The number of benzene rings is 1. The minimum absolute atomic E-state index is 0.111. The van der Waals surface area contributed by atoms with Crippen molar-refractivity contribution < 1.29 is 9.72 Å². The molecule has 0 atom stereocenters. The van der Waals surface area contributed by atoms with Gasteiger partial charge < -0.3 is 5.32 Å². The number of fused-ring (bicyclic) bond motifs is 1. The number of rotatable bonds is 3. The SMILES string of the molecule is Cc1cc(NC(=O)c2c([N+](=O)[O-])cnn2C)c2ncccc2c1. The second-order valence-electron chi connectivity index (χ2n) is 5.10. The van der Waals surface area contributed by atoms with Gasteiger partial charge in [0.05, 0.1) is 16.1 Å². The maximum Gasteiger partial charge on any atom is 0.320 e. The van der Waals surface area contributed by atoms with Crippen LogP contribution in [-0.4, -0.2) is 25.6 Å². The molecule has 0 fully saturated rings. The number of nitrogens with one attached hydrogen (secondary N) is 1. The Morgan fingerprint density at radius 1 is 1.39 bits per heavy atom. The van der Waals surface area contributed by atoms with Crippen LogP contribution in [0.15, 0.2) is 36.7 Å². The third-order valence-electron chi connectivity index (χ3n) is 3.43. The number of nitrogens with zero attached hydrogens (tertiary/aromatic N) is 4. The summed E-state index contributed by atoms with van der Waals surface area (Å²) in [5.74, 6) is -0.603. The van der Waals surface area contributed by atoms with E-state index in [1.807, 2.05) is 19.1 Å². The average Bonchev–Trinajstić information content (AvgIpc) is 2.89. The molecule has 1 amide bonds. The molecule has 0 saturated carbocycles. The smallest absolute Gasteiger partial charge is 0.318 e. The van der Waals surface area contributed by atoms with Gasteiger partial charge in [0.25, 0.3) is 5.91 Å². The van der Waals surface area contributed by atoms with Gasteiger partial charge in [-0.15, -0.1) is 0 Å². The molecule has 1 N–H and O–H groups in total. The number of aryl methyl sites for hydroxylation is 2. The van der Waals surface area contributed by atoms with Crippen molar-refractivity contribution in [2.24, 2.45) is 7.05 Å². The Morgan fingerprint density at radius 2 is 2.17 bits per heavy atom. The highest BCUT2D eigenvalue weighted by atomic mass is 16.6. The molecule has 3 aromatic rings. The Hall–Kier alpha value is -3.29. The van der Waals surface area contributed by atoms with Gasteiger partial charge in [0.1, 0.15) is 6.20 Å². The Kier molecular flexibility index (Phi) is 3.49. The van der Waals surface area contributed by atoms with E-state index in [0.717, 1.165) is 17.1 Å². The van der Waals surface area contributed by atoms with Crippen LogP contribution >= 0.6 is 0 Å². The summed E-state index contributed by atoms with van der Waals surface area (Å²) in [6.45, 7) is 1.90. The van der Waals surface area contributed by atoms with E-state index in [1.54, 1.807) is 18.3 Å². The van der Waals surface area contributed by atoms with Gasteiger partial charge in [-0.1, -0.05) is 6.07 Å². The number of anilines is 1. The van der Waals surface area contributed by atoms with Gasteiger partial charge >= 0.3 is 5.69 Å². The molecular weight excluding hydrogens is 298 g/mol. The van der Waals surface area contributed by atoms with Crippen LogP contribution in [0.3, 0.4) is 0 Å². The average molecular weight is 311 g/mol. The van der Waals surface area contributed by atoms with Crippen molar-refractivity contribution in [3.63, 3.8) is 0 Å². The zero-order chi connectivity index (χ0) is 16.6. The summed E-state index contributed by atoms with van der Waals surface area (Å²) in [6.07, 6.45) is 2.68. The van der Waals surface area contributed by atoms with Gasteiger partial charge in [-0.3, -0.25) is 24.6 Å². The van der Waals surface area contributed by atoms with E-state index in [1.165, 1.54) is 11.7 Å². The molecule has 1 aromatic carbocycles. The minimum Gasteiger partial charge on any atom is -0.318 e. The van der Waals surface area contributed by atoms with E-state index in [4.69, 9.17) is 0 Å². The van der Waals surface area contributed by atoms with E-state index < -0.39 is 10.8 Å². The number of carbonyl (C=O) groups is 1. The van der Waals surface area contributed by atoms with E-state index in [0.29, 0.717) is 11.2 Å². The molecule has 0 saturated heterocycles. The van der Waals surface area contributed by atoms with Crippen LogP contribution in [-0.2, 0) is 7.05 Å². The number of carbonyl (C=O) groups excluding carboxylic acids is 1. The lowest BCUT2D eigenvalue weighted by Gasteiger charge is -2.09. The van der Waals surface area contributed by atoms with E-state index in [-0.39, 0.29) is 11.4 Å². The predicted octanol–water partition coefficient (Wildman–Crippen LogP) is 2.44. The summed E-state index contributed by atoms with van der Waals surface area (Å²) in [5, 5.41) is 18.4. The second-order valence-corrected chi connectivity index (χ2v) is 5.10. The standard InChI is InChI=1S/C15H13N5O3/c1-9-6-10-4-3-5-16-13(10)11(7-9)18-15(21)14-12(20(22)23)8-17-19(14)2/h3-8H,1-2H3,(H,18,21). The lowest BCUT2D eigenvalue weighted by atomic mass is 10.1. The molecule has 0 aliphatic rings. The minimum atomic E-state index is -0.630.